The van der Waals surface area contributed by atoms with E-state index in [1.54, 1.807) is 0 Å². The molecule has 0 unspecified atom stereocenters. The quantitative estimate of drug-likeness (QED) is 0.149. The van der Waals surface area contributed by atoms with E-state index in [4.69, 9.17) is 14.2 Å². The topological polar surface area (TPSA) is 82.1 Å². The Hall–Kier alpha value is -1.24. The van der Waals surface area contributed by atoms with Crippen LogP contribution in [0.4, 0.5) is 0 Å². The largest absolute Gasteiger partial charge is 0.463 e. The van der Waals surface area contributed by atoms with E-state index in [-0.39, 0.29) is 42.2 Å². The Bertz CT molecular complexity index is 545. The number of esters is 1. The predicted molar refractivity (Wildman–Crippen MR) is 131 cm³/mol. The first-order valence-corrected chi connectivity index (χ1v) is 13.1. The van der Waals surface area contributed by atoms with Gasteiger partial charge in [-0.3, -0.25) is 9.59 Å². The van der Waals surface area contributed by atoms with E-state index in [0.717, 1.165) is 32.3 Å². The fourth-order valence-corrected chi connectivity index (χ4v) is 4.47. The number of aliphatic hydroxyl groups excluding tert-OH is 1. The molecule has 0 aromatic rings. The molecule has 0 aromatic heterocycles. The summed E-state index contributed by atoms with van der Waals surface area (Å²) in [7, 11) is 0. The third-order valence-corrected chi connectivity index (χ3v) is 6.27. The number of rotatable bonds is 20. The van der Waals surface area contributed by atoms with Gasteiger partial charge in [0.1, 0.15) is 5.78 Å². The number of ketones is 1. The molecule has 6 heteroatoms. The smallest absolute Gasteiger partial charge is 0.306 e. The first-order chi connectivity index (χ1) is 16.0. The van der Waals surface area contributed by atoms with Gasteiger partial charge < -0.3 is 19.3 Å². The molecular weight excluding hydrogens is 420 g/mol. The molecule has 0 bridgehead atoms. The highest BCUT2D eigenvalue weighted by Gasteiger charge is 2.40. The minimum absolute atomic E-state index is 0.0321. The van der Waals surface area contributed by atoms with E-state index < -0.39 is 0 Å². The average Bonchev–Trinajstić information content (AvgIpc) is 3.08. The Kier molecular flexibility index (Phi) is 17.2. The molecule has 1 fully saturated rings. The summed E-state index contributed by atoms with van der Waals surface area (Å²) in [5.74, 6) is 0.229. The molecule has 1 N–H and O–H groups in total. The predicted octanol–water partition coefficient (Wildman–Crippen LogP) is 5.26. The second-order valence-electron chi connectivity index (χ2n) is 9.45. The lowest BCUT2D eigenvalue weighted by Gasteiger charge is -2.22. The Morgan fingerprint density at radius 1 is 1.03 bits per heavy atom. The van der Waals surface area contributed by atoms with Gasteiger partial charge in [-0.05, 0) is 57.8 Å². The van der Waals surface area contributed by atoms with Crippen LogP contribution in [0.5, 0.6) is 0 Å². The summed E-state index contributed by atoms with van der Waals surface area (Å²) in [5, 5.41) is 9.73. The molecular formula is C27H48O6. The molecule has 3 atom stereocenters. The summed E-state index contributed by atoms with van der Waals surface area (Å²) >= 11 is 0. The van der Waals surface area contributed by atoms with Gasteiger partial charge in [0.15, 0.2) is 0 Å². The van der Waals surface area contributed by atoms with Gasteiger partial charge in [0.2, 0.25) is 0 Å². The zero-order chi connectivity index (χ0) is 24.3. The maximum Gasteiger partial charge on any atom is 0.306 e. The van der Waals surface area contributed by atoms with Crippen LogP contribution in [0.15, 0.2) is 12.2 Å². The van der Waals surface area contributed by atoms with Crippen molar-refractivity contribution in [1.82, 2.24) is 0 Å². The monoisotopic (exact) mass is 468 g/mol. The van der Waals surface area contributed by atoms with Crippen molar-refractivity contribution in [2.45, 2.75) is 97.5 Å². The van der Waals surface area contributed by atoms with E-state index in [1.165, 1.54) is 25.7 Å². The number of hydrogen-bond donors (Lipinski definition) is 1. The highest BCUT2D eigenvalue weighted by Crippen LogP contribution is 2.38. The Labute approximate surface area is 201 Å². The normalized spacial score (nSPS) is 20.9. The van der Waals surface area contributed by atoms with Gasteiger partial charge in [-0.25, -0.2) is 0 Å². The lowest BCUT2D eigenvalue weighted by Crippen LogP contribution is -2.21. The SMILES string of the molecule is CCCCCCCOCCOCC[C@H]1[C@H](CO)CC(=O)[C@@H]1C/C=C\CCCC(=O)OC(C)C. The summed E-state index contributed by atoms with van der Waals surface area (Å²) in [6.07, 6.45) is 14.1. The lowest BCUT2D eigenvalue weighted by molar-refractivity contribution is -0.147. The summed E-state index contributed by atoms with van der Waals surface area (Å²) in [6, 6.07) is 0. The number of Topliss-reactive ketones (excluding diaryl/α,β-unsaturated/α-hetero) is 1. The maximum atomic E-state index is 12.5. The molecule has 192 valence electrons. The molecule has 0 saturated heterocycles. The van der Waals surface area contributed by atoms with Gasteiger partial charge in [-0.1, -0.05) is 44.8 Å². The molecule has 1 aliphatic carbocycles. The Morgan fingerprint density at radius 3 is 2.45 bits per heavy atom. The molecule has 0 heterocycles. The van der Waals surface area contributed by atoms with Crippen molar-refractivity contribution in [2.24, 2.45) is 17.8 Å². The molecule has 1 aliphatic rings. The summed E-state index contributed by atoms with van der Waals surface area (Å²) in [6.45, 7) is 8.53. The van der Waals surface area contributed by atoms with Crippen LogP contribution in [-0.4, -0.2) is 56.0 Å². The standard InChI is InChI=1S/C27H48O6/c1-4-5-6-9-12-16-31-18-19-32-17-15-24-23(21-28)20-26(29)25(24)13-10-7-8-11-14-27(30)33-22(2)3/h7,10,22-25,28H,4-6,8-9,11-21H2,1-3H3/b10-7-/t23-,24-,25+/m0/s1. The van der Waals surface area contributed by atoms with Gasteiger partial charge >= 0.3 is 5.97 Å². The first-order valence-electron chi connectivity index (χ1n) is 13.1. The molecule has 0 aromatic carbocycles. The number of aliphatic hydroxyl groups is 1. The number of carbonyl (C=O) groups is 2. The summed E-state index contributed by atoms with van der Waals surface area (Å²) < 4.78 is 16.5. The zero-order valence-corrected chi connectivity index (χ0v) is 21.3. The second-order valence-corrected chi connectivity index (χ2v) is 9.45. The van der Waals surface area contributed by atoms with E-state index in [1.807, 2.05) is 13.8 Å². The minimum atomic E-state index is -0.160. The zero-order valence-electron chi connectivity index (χ0n) is 21.3. The number of allylic oxidation sites excluding steroid dienone is 2. The van der Waals surface area contributed by atoms with Gasteiger partial charge in [0.05, 0.1) is 19.3 Å². The van der Waals surface area contributed by atoms with E-state index in [0.29, 0.717) is 39.1 Å². The number of carbonyl (C=O) groups excluding carboxylic acids is 2. The molecule has 1 rings (SSSR count). The van der Waals surface area contributed by atoms with Crippen molar-refractivity contribution in [2.75, 3.05) is 33.0 Å². The van der Waals surface area contributed by atoms with E-state index in [9.17, 15) is 14.7 Å². The van der Waals surface area contributed by atoms with Crippen LogP contribution in [0.2, 0.25) is 0 Å². The van der Waals surface area contributed by atoms with Crippen molar-refractivity contribution in [1.29, 1.82) is 0 Å². The Morgan fingerprint density at radius 2 is 1.76 bits per heavy atom. The van der Waals surface area contributed by atoms with E-state index in [2.05, 4.69) is 19.1 Å². The maximum absolute atomic E-state index is 12.5. The van der Waals surface area contributed by atoms with Crippen molar-refractivity contribution in [3.63, 3.8) is 0 Å². The first kappa shape index (κ1) is 29.8. The minimum Gasteiger partial charge on any atom is -0.463 e. The molecule has 33 heavy (non-hydrogen) atoms. The molecule has 0 amide bonds. The van der Waals surface area contributed by atoms with Crippen LogP contribution in [-0.2, 0) is 23.8 Å². The average molecular weight is 469 g/mol. The van der Waals surface area contributed by atoms with Crippen molar-refractivity contribution in [3.05, 3.63) is 12.2 Å². The number of ether oxygens (including phenoxy) is 3. The van der Waals surface area contributed by atoms with Gasteiger partial charge in [0, 0.05) is 38.6 Å². The second kappa shape index (κ2) is 19.1. The van der Waals surface area contributed by atoms with Crippen LogP contribution in [0.1, 0.15) is 91.4 Å². The summed E-state index contributed by atoms with van der Waals surface area (Å²) in [4.78, 5) is 24.1. The Balaban J connectivity index is 2.22. The fourth-order valence-electron chi connectivity index (χ4n) is 4.47. The lowest BCUT2D eigenvalue weighted by atomic mass is 9.85. The van der Waals surface area contributed by atoms with Crippen LogP contribution in [0.3, 0.4) is 0 Å². The molecule has 1 saturated carbocycles. The highest BCUT2D eigenvalue weighted by molar-refractivity contribution is 5.84. The van der Waals surface area contributed by atoms with Crippen molar-refractivity contribution < 1.29 is 28.9 Å². The number of hydrogen-bond acceptors (Lipinski definition) is 6. The summed E-state index contributed by atoms with van der Waals surface area (Å²) in [5.41, 5.74) is 0. The van der Waals surface area contributed by atoms with Gasteiger partial charge in [-0.2, -0.15) is 0 Å². The van der Waals surface area contributed by atoms with Crippen LogP contribution in [0.25, 0.3) is 0 Å². The van der Waals surface area contributed by atoms with Gasteiger partial charge in [0.25, 0.3) is 0 Å². The third-order valence-electron chi connectivity index (χ3n) is 6.27. The van der Waals surface area contributed by atoms with E-state index >= 15 is 0 Å². The molecule has 0 spiro atoms. The molecule has 0 aliphatic heterocycles. The van der Waals surface area contributed by atoms with Crippen molar-refractivity contribution in [3.8, 4) is 0 Å². The van der Waals surface area contributed by atoms with Crippen LogP contribution >= 0.6 is 0 Å². The third kappa shape index (κ3) is 13.9. The molecule has 6 nitrogen and oxygen atoms in total. The van der Waals surface area contributed by atoms with Gasteiger partial charge in [-0.15, -0.1) is 0 Å². The molecule has 0 radical (unpaired) electrons. The number of unbranched alkanes of at least 4 members (excludes halogenated alkanes) is 5. The van der Waals surface area contributed by atoms with Crippen LogP contribution in [0, 0.1) is 17.8 Å². The fraction of sp³-hybridized carbons (Fsp3) is 0.852. The van der Waals surface area contributed by atoms with Crippen molar-refractivity contribution >= 4 is 11.8 Å². The van der Waals surface area contributed by atoms with Crippen LogP contribution < -0.4 is 0 Å². The highest BCUT2D eigenvalue weighted by atomic mass is 16.5.